The van der Waals surface area contributed by atoms with Crippen LogP contribution in [0.5, 0.6) is 0 Å². The average molecular weight is 242 g/mol. The summed E-state index contributed by atoms with van der Waals surface area (Å²) in [6.45, 7) is 0.833. The number of carbonyl (C=O) groups excluding carboxylic acids is 1. The number of rotatable bonds is 4. The highest BCUT2D eigenvalue weighted by molar-refractivity contribution is 8.00. The first-order valence-electron chi connectivity index (χ1n) is 6.35. The molecule has 2 fully saturated rings. The lowest BCUT2D eigenvalue weighted by atomic mass is 9.94. The first-order chi connectivity index (χ1) is 7.68. The van der Waals surface area contributed by atoms with Crippen LogP contribution in [-0.2, 0) is 4.79 Å². The summed E-state index contributed by atoms with van der Waals surface area (Å²) in [5, 5.41) is 3.68. The van der Waals surface area contributed by atoms with Crippen molar-refractivity contribution in [2.75, 3.05) is 12.3 Å². The number of nitrogens with one attached hydrogen (secondary N) is 1. The fraction of sp³-hybridized carbons (Fsp3) is 0.917. The lowest BCUT2D eigenvalue weighted by Gasteiger charge is -2.23. The van der Waals surface area contributed by atoms with E-state index < -0.39 is 0 Å². The molecular formula is C12H22N2OS. The Morgan fingerprint density at radius 2 is 2.12 bits per heavy atom. The second-order valence-electron chi connectivity index (χ2n) is 5.19. The third-order valence-electron chi connectivity index (χ3n) is 3.66. The minimum Gasteiger partial charge on any atom is -0.355 e. The van der Waals surface area contributed by atoms with Gasteiger partial charge in [-0.05, 0) is 31.4 Å². The molecule has 3 N–H and O–H groups in total. The van der Waals surface area contributed by atoms with Crippen molar-refractivity contribution in [2.45, 2.75) is 55.7 Å². The maximum absolute atomic E-state index is 11.8. The zero-order valence-corrected chi connectivity index (χ0v) is 10.7. The molecule has 1 saturated heterocycles. The van der Waals surface area contributed by atoms with E-state index in [-0.39, 0.29) is 11.4 Å². The molecule has 1 atom stereocenters. The van der Waals surface area contributed by atoms with Crippen LogP contribution in [0.1, 0.15) is 44.9 Å². The molecule has 0 aromatic rings. The van der Waals surface area contributed by atoms with Crippen LogP contribution in [-0.4, -0.2) is 29.0 Å². The Balaban J connectivity index is 1.67. The average Bonchev–Trinajstić information content (AvgIpc) is 2.86. The van der Waals surface area contributed by atoms with Crippen molar-refractivity contribution in [1.82, 2.24) is 5.32 Å². The Morgan fingerprint density at radius 3 is 2.75 bits per heavy atom. The standard InChI is InChI=1S/C12H22N2OS/c13-12(5-1-2-6-12)8-11(15)14-9-10-4-3-7-16-10/h10H,1-9,13H2,(H,14,15). The molecule has 2 rings (SSSR count). The van der Waals surface area contributed by atoms with Crippen molar-refractivity contribution < 1.29 is 4.79 Å². The highest BCUT2D eigenvalue weighted by atomic mass is 32.2. The van der Waals surface area contributed by atoms with Crippen LogP contribution >= 0.6 is 11.8 Å². The summed E-state index contributed by atoms with van der Waals surface area (Å²) in [5.41, 5.74) is 5.98. The summed E-state index contributed by atoms with van der Waals surface area (Å²) in [6.07, 6.45) is 7.46. The molecule has 1 aliphatic carbocycles. The number of amides is 1. The van der Waals surface area contributed by atoms with Gasteiger partial charge >= 0.3 is 0 Å². The largest absolute Gasteiger partial charge is 0.355 e. The summed E-state index contributed by atoms with van der Waals surface area (Å²) in [7, 11) is 0. The van der Waals surface area contributed by atoms with E-state index >= 15 is 0 Å². The molecule has 1 saturated carbocycles. The van der Waals surface area contributed by atoms with E-state index in [0.717, 1.165) is 19.4 Å². The third-order valence-corrected chi connectivity index (χ3v) is 5.06. The molecule has 92 valence electrons. The predicted molar refractivity (Wildman–Crippen MR) is 68.5 cm³/mol. The number of hydrogen-bond donors (Lipinski definition) is 2. The van der Waals surface area contributed by atoms with Crippen molar-refractivity contribution >= 4 is 17.7 Å². The minimum atomic E-state index is -0.201. The summed E-state index contributed by atoms with van der Waals surface area (Å²) in [6, 6.07) is 0. The molecule has 1 amide bonds. The zero-order chi connectivity index (χ0) is 11.4. The second-order valence-corrected chi connectivity index (χ2v) is 6.59. The minimum absolute atomic E-state index is 0.150. The number of thioether (sulfide) groups is 1. The van der Waals surface area contributed by atoms with Crippen LogP contribution in [0.3, 0.4) is 0 Å². The lowest BCUT2D eigenvalue weighted by molar-refractivity contribution is -0.122. The molecule has 1 aliphatic heterocycles. The van der Waals surface area contributed by atoms with Gasteiger partial charge in [0.25, 0.3) is 0 Å². The SMILES string of the molecule is NC1(CC(=O)NCC2CCCS2)CCCC1. The first-order valence-corrected chi connectivity index (χ1v) is 7.40. The molecule has 0 aromatic heterocycles. The Hall–Kier alpha value is -0.220. The molecule has 16 heavy (non-hydrogen) atoms. The fourth-order valence-corrected chi connectivity index (χ4v) is 3.87. The zero-order valence-electron chi connectivity index (χ0n) is 9.84. The molecular weight excluding hydrogens is 220 g/mol. The molecule has 0 spiro atoms. The molecule has 1 unspecified atom stereocenters. The topological polar surface area (TPSA) is 55.1 Å². The van der Waals surface area contributed by atoms with E-state index in [2.05, 4.69) is 5.32 Å². The van der Waals surface area contributed by atoms with Crippen molar-refractivity contribution in [3.05, 3.63) is 0 Å². The van der Waals surface area contributed by atoms with E-state index in [9.17, 15) is 4.79 Å². The van der Waals surface area contributed by atoms with Gasteiger partial charge < -0.3 is 11.1 Å². The van der Waals surface area contributed by atoms with E-state index in [4.69, 9.17) is 5.73 Å². The van der Waals surface area contributed by atoms with Gasteiger partial charge in [0.2, 0.25) is 5.91 Å². The summed E-state index contributed by atoms with van der Waals surface area (Å²) in [4.78, 5) is 11.8. The van der Waals surface area contributed by atoms with Gasteiger partial charge in [-0.2, -0.15) is 11.8 Å². The normalized spacial score (nSPS) is 28.2. The van der Waals surface area contributed by atoms with Crippen molar-refractivity contribution in [3.8, 4) is 0 Å². The molecule has 4 heteroatoms. The highest BCUT2D eigenvalue weighted by Crippen LogP contribution is 2.30. The highest BCUT2D eigenvalue weighted by Gasteiger charge is 2.31. The number of nitrogens with two attached hydrogens (primary N) is 1. The van der Waals surface area contributed by atoms with Crippen molar-refractivity contribution in [1.29, 1.82) is 0 Å². The Morgan fingerprint density at radius 1 is 1.38 bits per heavy atom. The quantitative estimate of drug-likeness (QED) is 0.788. The van der Waals surface area contributed by atoms with Gasteiger partial charge in [-0.25, -0.2) is 0 Å². The van der Waals surface area contributed by atoms with Crippen LogP contribution in [0.15, 0.2) is 0 Å². The maximum Gasteiger partial charge on any atom is 0.221 e. The lowest BCUT2D eigenvalue weighted by Crippen LogP contribution is -2.43. The van der Waals surface area contributed by atoms with Gasteiger partial charge in [-0.15, -0.1) is 0 Å². The van der Waals surface area contributed by atoms with Gasteiger partial charge in [-0.3, -0.25) is 4.79 Å². The summed E-state index contributed by atoms with van der Waals surface area (Å²) in [5.74, 6) is 1.40. The molecule has 1 heterocycles. The van der Waals surface area contributed by atoms with Crippen LogP contribution < -0.4 is 11.1 Å². The third kappa shape index (κ3) is 3.39. The second kappa shape index (κ2) is 5.41. The smallest absolute Gasteiger partial charge is 0.221 e. The monoisotopic (exact) mass is 242 g/mol. The Bertz CT molecular complexity index is 245. The van der Waals surface area contributed by atoms with Gasteiger partial charge in [0.05, 0.1) is 0 Å². The Labute approximate surface area is 102 Å². The van der Waals surface area contributed by atoms with E-state index in [1.807, 2.05) is 11.8 Å². The van der Waals surface area contributed by atoms with Crippen molar-refractivity contribution in [3.63, 3.8) is 0 Å². The summed E-state index contributed by atoms with van der Waals surface area (Å²) >= 11 is 1.98. The van der Waals surface area contributed by atoms with Crippen LogP contribution in [0.25, 0.3) is 0 Å². The van der Waals surface area contributed by atoms with Crippen LogP contribution in [0, 0.1) is 0 Å². The molecule has 0 aromatic carbocycles. The molecule has 0 bridgehead atoms. The Kier molecular flexibility index (Phi) is 4.14. The van der Waals surface area contributed by atoms with Gasteiger partial charge in [-0.1, -0.05) is 12.8 Å². The van der Waals surface area contributed by atoms with Crippen molar-refractivity contribution in [2.24, 2.45) is 5.73 Å². The number of hydrogen-bond acceptors (Lipinski definition) is 3. The van der Waals surface area contributed by atoms with Gasteiger partial charge in [0, 0.05) is 23.8 Å². The summed E-state index contributed by atoms with van der Waals surface area (Å²) < 4.78 is 0. The van der Waals surface area contributed by atoms with Gasteiger partial charge in [0.15, 0.2) is 0 Å². The molecule has 0 radical (unpaired) electrons. The van der Waals surface area contributed by atoms with Gasteiger partial charge in [0.1, 0.15) is 0 Å². The predicted octanol–water partition coefficient (Wildman–Crippen LogP) is 1.66. The molecule has 2 aliphatic rings. The van der Waals surface area contributed by atoms with E-state index in [0.29, 0.717) is 11.7 Å². The fourth-order valence-electron chi connectivity index (χ4n) is 2.67. The first kappa shape index (κ1) is 12.2. The molecule has 3 nitrogen and oxygen atoms in total. The maximum atomic E-state index is 11.8. The van der Waals surface area contributed by atoms with E-state index in [1.54, 1.807) is 0 Å². The number of carbonyl (C=O) groups is 1. The van der Waals surface area contributed by atoms with E-state index in [1.165, 1.54) is 31.4 Å². The van der Waals surface area contributed by atoms with Crippen LogP contribution in [0.4, 0.5) is 0 Å². The van der Waals surface area contributed by atoms with Crippen LogP contribution in [0.2, 0.25) is 0 Å².